The lowest BCUT2D eigenvalue weighted by Crippen LogP contribution is -2.25. The summed E-state index contributed by atoms with van der Waals surface area (Å²) in [6.07, 6.45) is 2.79. The number of fused-ring (bicyclic) bond motifs is 5. The highest BCUT2D eigenvalue weighted by atomic mass is 32.1. The Kier molecular flexibility index (Phi) is 3.43. The molecule has 0 bridgehead atoms. The van der Waals surface area contributed by atoms with Gasteiger partial charge in [0.15, 0.2) is 11.5 Å². The van der Waals surface area contributed by atoms with Crippen molar-refractivity contribution in [3.8, 4) is 5.75 Å². The summed E-state index contributed by atoms with van der Waals surface area (Å²) in [7, 11) is 2.16. The van der Waals surface area contributed by atoms with Crippen molar-refractivity contribution in [2.24, 2.45) is 0 Å². The second kappa shape index (κ2) is 5.79. The van der Waals surface area contributed by atoms with E-state index in [-0.39, 0.29) is 0 Å². The van der Waals surface area contributed by atoms with Crippen LogP contribution in [0, 0.1) is 0 Å². The minimum Gasteiger partial charge on any atom is -0.486 e. The molecule has 3 aromatic heterocycles. The van der Waals surface area contributed by atoms with Gasteiger partial charge in [-0.3, -0.25) is 0 Å². The highest BCUT2D eigenvalue weighted by Gasteiger charge is 2.22. The van der Waals surface area contributed by atoms with E-state index in [1.54, 1.807) is 22.2 Å². The molecule has 0 saturated heterocycles. The number of rotatable bonds is 3. The molecule has 1 aromatic carbocycles. The highest BCUT2D eigenvalue weighted by molar-refractivity contribution is 7.19. The van der Waals surface area contributed by atoms with Gasteiger partial charge >= 0.3 is 0 Å². The van der Waals surface area contributed by atoms with E-state index in [1.165, 1.54) is 10.4 Å². The Bertz CT molecular complexity index is 1060. The third-order valence-electron chi connectivity index (χ3n) is 4.52. The summed E-state index contributed by atoms with van der Waals surface area (Å²) in [5.41, 5.74) is 2.28. The van der Waals surface area contributed by atoms with Gasteiger partial charge in [-0.25, -0.2) is 14.5 Å². The average molecular weight is 351 g/mol. The molecule has 6 nitrogen and oxygen atoms in total. The molecule has 0 N–H and O–H groups in total. The first-order valence-corrected chi connectivity index (χ1v) is 9.10. The minimum atomic E-state index is 0.349. The number of benzene rings is 1. The molecule has 7 heteroatoms. The summed E-state index contributed by atoms with van der Waals surface area (Å²) < 4.78 is 7.55. The van der Waals surface area contributed by atoms with Crippen LogP contribution in [0.4, 0.5) is 0 Å². The predicted octanol–water partition coefficient (Wildman–Crippen LogP) is 2.91. The quantitative estimate of drug-likeness (QED) is 0.568. The Morgan fingerprint density at radius 3 is 3.00 bits per heavy atom. The molecule has 1 aliphatic rings. The fraction of sp³-hybridized carbons (Fsp3) is 0.278. The number of aromatic nitrogens is 4. The number of hydrogen-bond acceptors (Lipinski definition) is 6. The van der Waals surface area contributed by atoms with Crippen molar-refractivity contribution in [3.63, 3.8) is 0 Å². The van der Waals surface area contributed by atoms with Crippen molar-refractivity contribution in [2.75, 3.05) is 13.6 Å². The van der Waals surface area contributed by atoms with Crippen LogP contribution in [0.3, 0.4) is 0 Å². The summed E-state index contributed by atoms with van der Waals surface area (Å²) in [5.74, 6) is 1.49. The van der Waals surface area contributed by atoms with Crippen molar-refractivity contribution >= 4 is 27.2 Å². The summed E-state index contributed by atoms with van der Waals surface area (Å²) in [6.45, 7) is 2.40. The van der Waals surface area contributed by atoms with Gasteiger partial charge in [0, 0.05) is 18.0 Å². The smallest absolute Gasteiger partial charge is 0.189 e. The first kappa shape index (κ1) is 14.8. The molecule has 0 amide bonds. The van der Waals surface area contributed by atoms with Crippen molar-refractivity contribution in [1.82, 2.24) is 24.5 Å². The standard InChI is InChI=1S/C18H17N5OS/c1-22-8-7-13-14(9-22)25-18-16(13)17-20-15(21-23(17)11-19-18)10-24-12-5-3-2-4-6-12/h2-6,11H,7-10H2,1H3. The molecular weight excluding hydrogens is 334 g/mol. The molecule has 0 saturated carbocycles. The van der Waals surface area contributed by atoms with E-state index in [0.29, 0.717) is 12.4 Å². The summed E-state index contributed by atoms with van der Waals surface area (Å²) >= 11 is 1.77. The third kappa shape index (κ3) is 2.56. The molecule has 4 aromatic rings. The fourth-order valence-electron chi connectivity index (χ4n) is 3.29. The van der Waals surface area contributed by atoms with Gasteiger partial charge in [0.2, 0.25) is 0 Å². The number of hydrogen-bond donors (Lipinski definition) is 0. The van der Waals surface area contributed by atoms with Gasteiger partial charge in [-0.15, -0.1) is 16.4 Å². The molecule has 1 aliphatic heterocycles. The van der Waals surface area contributed by atoms with E-state index in [9.17, 15) is 0 Å². The van der Waals surface area contributed by atoms with E-state index in [4.69, 9.17) is 9.72 Å². The molecule has 4 heterocycles. The normalized spacial score (nSPS) is 14.9. The second-order valence-corrected chi connectivity index (χ2v) is 7.40. The van der Waals surface area contributed by atoms with Gasteiger partial charge in [0.25, 0.3) is 0 Å². The molecule has 0 aliphatic carbocycles. The van der Waals surface area contributed by atoms with Gasteiger partial charge in [0.1, 0.15) is 23.5 Å². The molecule has 126 valence electrons. The Morgan fingerprint density at radius 1 is 1.24 bits per heavy atom. The van der Waals surface area contributed by atoms with Crippen molar-refractivity contribution in [1.29, 1.82) is 0 Å². The average Bonchev–Trinajstić information content (AvgIpc) is 3.20. The van der Waals surface area contributed by atoms with Gasteiger partial charge < -0.3 is 9.64 Å². The second-order valence-electron chi connectivity index (χ2n) is 6.31. The first-order chi connectivity index (χ1) is 12.3. The van der Waals surface area contributed by atoms with Crippen LogP contribution in [-0.4, -0.2) is 38.1 Å². The lowest BCUT2D eigenvalue weighted by atomic mass is 10.1. The number of ether oxygens (including phenoxy) is 1. The van der Waals surface area contributed by atoms with Gasteiger partial charge in [-0.2, -0.15) is 0 Å². The number of para-hydroxylation sites is 1. The lowest BCUT2D eigenvalue weighted by molar-refractivity contribution is 0.296. The third-order valence-corrected chi connectivity index (χ3v) is 5.65. The largest absolute Gasteiger partial charge is 0.486 e. The van der Waals surface area contributed by atoms with Gasteiger partial charge in [0.05, 0.1) is 5.39 Å². The van der Waals surface area contributed by atoms with Crippen LogP contribution in [0.5, 0.6) is 5.75 Å². The Balaban J connectivity index is 1.54. The number of nitrogens with zero attached hydrogens (tertiary/aromatic N) is 5. The molecule has 0 spiro atoms. The van der Waals surface area contributed by atoms with E-state index in [0.717, 1.165) is 41.1 Å². The van der Waals surface area contributed by atoms with E-state index < -0.39 is 0 Å². The Labute approximate surface area is 148 Å². The SMILES string of the molecule is CN1CCc2c(sc3ncn4nc(COc5ccccc5)nc4c23)C1. The van der Waals surface area contributed by atoms with Crippen molar-refractivity contribution in [2.45, 2.75) is 19.6 Å². The lowest BCUT2D eigenvalue weighted by Gasteiger charge is -2.21. The van der Waals surface area contributed by atoms with Gasteiger partial charge in [-0.05, 0) is 31.2 Å². The predicted molar refractivity (Wildman–Crippen MR) is 97.0 cm³/mol. The van der Waals surface area contributed by atoms with Crippen LogP contribution in [0.1, 0.15) is 16.3 Å². The molecule has 0 unspecified atom stereocenters. The topological polar surface area (TPSA) is 55.6 Å². The zero-order chi connectivity index (χ0) is 16.8. The van der Waals surface area contributed by atoms with Crippen LogP contribution in [0.25, 0.3) is 15.9 Å². The summed E-state index contributed by atoms with van der Waals surface area (Å²) in [5, 5.41) is 5.69. The van der Waals surface area contributed by atoms with E-state index in [2.05, 4.69) is 22.0 Å². The maximum atomic E-state index is 5.78. The molecule has 0 radical (unpaired) electrons. The van der Waals surface area contributed by atoms with E-state index in [1.807, 2.05) is 30.3 Å². The van der Waals surface area contributed by atoms with Crippen LogP contribution < -0.4 is 4.74 Å². The molecule has 25 heavy (non-hydrogen) atoms. The van der Waals surface area contributed by atoms with Gasteiger partial charge in [-0.1, -0.05) is 18.2 Å². The Morgan fingerprint density at radius 2 is 2.12 bits per heavy atom. The maximum absolute atomic E-state index is 5.78. The van der Waals surface area contributed by atoms with E-state index >= 15 is 0 Å². The molecular formula is C18H17N5OS. The summed E-state index contributed by atoms with van der Waals surface area (Å²) in [6, 6.07) is 9.74. The monoisotopic (exact) mass is 351 g/mol. The van der Waals surface area contributed by atoms with Crippen molar-refractivity contribution in [3.05, 3.63) is 52.9 Å². The summed E-state index contributed by atoms with van der Waals surface area (Å²) in [4.78, 5) is 14.1. The fourth-order valence-corrected chi connectivity index (χ4v) is 4.55. The minimum absolute atomic E-state index is 0.349. The van der Waals surface area contributed by atoms with Crippen molar-refractivity contribution < 1.29 is 4.74 Å². The van der Waals surface area contributed by atoms with Crippen LogP contribution >= 0.6 is 11.3 Å². The number of likely N-dealkylation sites (N-methyl/N-ethyl adjacent to an activating group) is 1. The Hall–Kier alpha value is -2.51. The molecule has 0 atom stereocenters. The zero-order valence-corrected chi connectivity index (χ0v) is 14.7. The maximum Gasteiger partial charge on any atom is 0.189 e. The molecule has 5 rings (SSSR count). The molecule has 0 fully saturated rings. The number of thiophene rings is 1. The van der Waals surface area contributed by atoms with Crippen LogP contribution in [0.2, 0.25) is 0 Å². The first-order valence-electron chi connectivity index (χ1n) is 8.29. The van der Waals surface area contributed by atoms with Crippen LogP contribution in [-0.2, 0) is 19.6 Å². The highest BCUT2D eigenvalue weighted by Crippen LogP contribution is 2.35. The zero-order valence-electron chi connectivity index (χ0n) is 13.8. The van der Waals surface area contributed by atoms with Crippen LogP contribution in [0.15, 0.2) is 36.7 Å².